The van der Waals surface area contributed by atoms with Gasteiger partial charge in [-0.25, -0.2) is 0 Å². The molecule has 2 N–H and O–H groups in total. The molecule has 1 aliphatic heterocycles. The van der Waals surface area contributed by atoms with Gasteiger partial charge in [0.1, 0.15) is 42.7 Å². The van der Waals surface area contributed by atoms with Crippen LogP contribution in [0, 0.1) is 0 Å². The Morgan fingerprint density at radius 3 is 1.66 bits per heavy atom. The molecule has 0 aliphatic carbocycles. The zero-order valence-corrected chi connectivity index (χ0v) is 23.9. The van der Waals surface area contributed by atoms with Crippen molar-refractivity contribution in [1.82, 2.24) is 4.90 Å². The lowest BCUT2D eigenvalue weighted by Gasteiger charge is -2.42. The molecule has 218 valence electrons. The molecule has 0 bridgehead atoms. The standard InChI is InChI=1S/C33H39NO7/c1-4-31(36)23-8-14-27(15-9-23)39-20-29-18-34(22(3)33(38)25-6-12-26(35)13-7-25)19-30(41-29)21-40-28-16-10-24(11-17-28)32(37)5-2/h6-17,22,29-30,33,35,38H,4-5,18-21H2,1-3H3. The molecule has 8 nitrogen and oxygen atoms in total. The minimum Gasteiger partial charge on any atom is -0.508 e. The summed E-state index contributed by atoms with van der Waals surface area (Å²) in [7, 11) is 0. The van der Waals surface area contributed by atoms with Crippen molar-refractivity contribution < 1.29 is 34.0 Å². The average Bonchev–Trinajstić information content (AvgIpc) is 3.02. The first-order valence-electron chi connectivity index (χ1n) is 14.2. The van der Waals surface area contributed by atoms with E-state index in [4.69, 9.17) is 14.2 Å². The molecule has 0 radical (unpaired) electrons. The number of aromatic hydroxyl groups is 1. The van der Waals surface area contributed by atoms with Crippen molar-refractivity contribution >= 4 is 11.6 Å². The van der Waals surface area contributed by atoms with E-state index in [9.17, 15) is 19.8 Å². The highest BCUT2D eigenvalue weighted by Gasteiger charge is 2.34. The minimum absolute atomic E-state index is 0.0819. The Morgan fingerprint density at radius 2 is 1.24 bits per heavy atom. The lowest BCUT2D eigenvalue weighted by atomic mass is 10.0. The van der Waals surface area contributed by atoms with Crippen LogP contribution in [0.2, 0.25) is 0 Å². The number of Topliss-reactive ketones (excluding diaryl/α,β-unsaturated/α-hetero) is 2. The highest BCUT2D eigenvalue weighted by atomic mass is 16.6. The number of morpholine rings is 1. The summed E-state index contributed by atoms with van der Waals surface area (Å²) < 4.78 is 18.4. The number of phenolic OH excluding ortho intramolecular Hbond substituents is 1. The predicted octanol–water partition coefficient (Wildman–Crippen LogP) is 5.23. The van der Waals surface area contributed by atoms with Crippen LogP contribution in [0.5, 0.6) is 17.2 Å². The maximum Gasteiger partial charge on any atom is 0.162 e. The number of benzene rings is 3. The van der Waals surface area contributed by atoms with E-state index >= 15 is 0 Å². The molecule has 0 aromatic heterocycles. The Hall–Kier alpha value is -3.72. The predicted molar refractivity (Wildman–Crippen MR) is 156 cm³/mol. The monoisotopic (exact) mass is 561 g/mol. The number of hydrogen-bond donors (Lipinski definition) is 2. The molecule has 41 heavy (non-hydrogen) atoms. The number of carbonyl (C=O) groups excluding carboxylic acids is 2. The number of nitrogens with zero attached hydrogens (tertiary/aromatic N) is 1. The van der Waals surface area contributed by atoms with Crippen LogP contribution >= 0.6 is 0 Å². The number of phenols is 1. The fourth-order valence-corrected chi connectivity index (χ4v) is 4.88. The molecule has 8 heteroatoms. The number of carbonyl (C=O) groups is 2. The van der Waals surface area contributed by atoms with Gasteiger partial charge in [-0.1, -0.05) is 26.0 Å². The molecule has 1 fully saturated rings. The fraction of sp³-hybridized carbons (Fsp3) is 0.394. The normalized spacial score (nSPS) is 18.8. The molecule has 1 aliphatic rings. The smallest absolute Gasteiger partial charge is 0.162 e. The van der Waals surface area contributed by atoms with E-state index in [-0.39, 0.29) is 48.8 Å². The van der Waals surface area contributed by atoms with Crippen LogP contribution in [0.3, 0.4) is 0 Å². The largest absolute Gasteiger partial charge is 0.508 e. The lowest BCUT2D eigenvalue weighted by molar-refractivity contribution is -0.128. The average molecular weight is 562 g/mol. The van der Waals surface area contributed by atoms with Crippen LogP contribution < -0.4 is 9.47 Å². The van der Waals surface area contributed by atoms with Crippen LogP contribution in [0.15, 0.2) is 72.8 Å². The van der Waals surface area contributed by atoms with Gasteiger partial charge in [-0.3, -0.25) is 14.5 Å². The number of ether oxygens (including phenoxy) is 3. The first-order chi connectivity index (χ1) is 19.8. The van der Waals surface area contributed by atoms with Crippen molar-refractivity contribution in [3.05, 3.63) is 89.5 Å². The Balaban J connectivity index is 1.43. The van der Waals surface area contributed by atoms with Gasteiger partial charge >= 0.3 is 0 Å². The summed E-state index contributed by atoms with van der Waals surface area (Å²) in [6.07, 6.45) is -0.472. The van der Waals surface area contributed by atoms with E-state index in [0.717, 1.165) is 0 Å². The van der Waals surface area contributed by atoms with Crippen LogP contribution in [0.4, 0.5) is 0 Å². The zero-order chi connectivity index (χ0) is 29.4. The van der Waals surface area contributed by atoms with Crippen molar-refractivity contribution in [3.63, 3.8) is 0 Å². The number of hydrogen-bond acceptors (Lipinski definition) is 8. The van der Waals surface area contributed by atoms with Gasteiger partial charge < -0.3 is 24.4 Å². The fourth-order valence-electron chi connectivity index (χ4n) is 4.88. The summed E-state index contributed by atoms with van der Waals surface area (Å²) in [5.41, 5.74) is 2.02. The summed E-state index contributed by atoms with van der Waals surface area (Å²) >= 11 is 0. The van der Waals surface area contributed by atoms with Crippen molar-refractivity contribution in [2.24, 2.45) is 0 Å². The second kappa shape index (κ2) is 14.3. The first-order valence-corrected chi connectivity index (χ1v) is 14.2. The lowest BCUT2D eigenvalue weighted by Crippen LogP contribution is -2.55. The summed E-state index contributed by atoms with van der Waals surface area (Å²) in [5, 5.41) is 20.8. The number of aliphatic hydroxyl groups is 1. The Morgan fingerprint density at radius 1 is 0.805 bits per heavy atom. The van der Waals surface area contributed by atoms with E-state index in [2.05, 4.69) is 4.90 Å². The molecule has 4 unspecified atom stereocenters. The van der Waals surface area contributed by atoms with Crippen LogP contribution in [-0.2, 0) is 4.74 Å². The molecule has 1 heterocycles. The number of rotatable bonds is 13. The molecule has 1 saturated heterocycles. The van der Waals surface area contributed by atoms with Crippen molar-refractivity contribution in [1.29, 1.82) is 0 Å². The highest BCUT2D eigenvalue weighted by molar-refractivity contribution is 5.96. The van der Waals surface area contributed by atoms with E-state index in [1.165, 1.54) is 0 Å². The summed E-state index contributed by atoms with van der Waals surface area (Å²) in [4.78, 5) is 26.0. The topological polar surface area (TPSA) is 106 Å². The third-order valence-corrected chi connectivity index (χ3v) is 7.40. The first kappa shape index (κ1) is 30.2. The quantitative estimate of drug-likeness (QED) is 0.274. The van der Waals surface area contributed by atoms with Gasteiger partial charge in [-0.15, -0.1) is 0 Å². The third-order valence-electron chi connectivity index (χ3n) is 7.40. The van der Waals surface area contributed by atoms with Gasteiger partial charge in [-0.05, 0) is 73.2 Å². The summed E-state index contributed by atoms with van der Waals surface area (Å²) in [5.74, 6) is 1.60. The van der Waals surface area contributed by atoms with Crippen molar-refractivity contribution in [2.45, 2.75) is 58.0 Å². The molecular weight excluding hydrogens is 522 g/mol. The zero-order valence-electron chi connectivity index (χ0n) is 23.9. The van der Waals surface area contributed by atoms with Crippen molar-refractivity contribution in [2.75, 3.05) is 26.3 Å². The highest BCUT2D eigenvalue weighted by Crippen LogP contribution is 2.26. The molecule has 0 amide bonds. The molecule has 3 aromatic carbocycles. The molecule has 4 rings (SSSR count). The van der Waals surface area contributed by atoms with Gasteiger partial charge in [0.15, 0.2) is 11.6 Å². The van der Waals surface area contributed by atoms with E-state index in [1.807, 2.05) is 20.8 Å². The molecule has 3 aromatic rings. The van der Waals surface area contributed by atoms with E-state index < -0.39 is 6.10 Å². The van der Waals surface area contributed by atoms with Crippen LogP contribution in [0.1, 0.15) is 66.0 Å². The summed E-state index contributed by atoms with van der Waals surface area (Å²) in [6.45, 7) is 7.27. The maximum absolute atomic E-state index is 11.9. The van der Waals surface area contributed by atoms with E-state index in [0.29, 0.717) is 54.1 Å². The third kappa shape index (κ3) is 8.16. The SMILES string of the molecule is CCC(=O)c1ccc(OCC2CN(C(C)C(O)c3ccc(O)cc3)CC(COc3ccc(C(=O)CC)cc3)O2)cc1. The van der Waals surface area contributed by atoms with E-state index in [1.54, 1.807) is 72.8 Å². The number of ketones is 2. The Labute approximate surface area is 241 Å². The molecule has 0 spiro atoms. The summed E-state index contributed by atoms with van der Waals surface area (Å²) in [6, 6.07) is 20.5. The molecular formula is C33H39NO7. The van der Waals surface area contributed by atoms with Gasteiger partial charge in [0.05, 0.1) is 6.10 Å². The second-order valence-corrected chi connectivity index (χ2v) is 10.3. The molecule has 4 atom stereocenters. The van der Waals surface area contributed by atoms with Gasteiger partial charge in [0.25, 0.3) is 0 Å². The second-order valence-electron chi connectivity index (χ2n) is 10.3. The number of aliphatic hydroxyl groups excluding tert-OH is 1. The van der Waals surface area contributed by atoms with Crippen LogP contribution in [0.25, 0.3) is 0 Å². The van der Waals surface area contributed by atoms with Gasteiger partial charge in [0.2, 0.25) is 0 Å². The Kier molecular flexibility index (Phi) is 10.5. The minimum atomic E-state index is -0.774. The van der Waals surface area contributed by atoms with Gasteiger partial charge in [-0.2, -0.15) is 0 Å². The van der Waals surface area contributed by atoms with Gasteiger partial charge in [0, 0.05) is 43.1 Å². The Bertz CT molecular complexity index is 1200. The van der Waals surface area contributed by atoms with Crippen molar-refractivity contribution in [3.8, 4) is 17.2 Å². The molecule has 0 saturated carbocycles. The maximum atomic E-state index is 11.9. The van der Waals surface area contributed by atoms with Crippen LogP contribution in [-0.4, -0.2) is 71.2 Å².